The van der Waals surface area contributed by atoms with Crippen molar-refractivity contribution in [2.75, 3.05) is 18.4 Å². The van der Waals surface area contributed by atoms with Gasteiger partial charge in [0.25, 0.3) is 0 Å². The number of fused-ring (bicyclic) bond motifs is 1. The van der Waals surface area contributed by atoms with Gasteiger partial charge in [-0.2, -0.15) is 0 Å². The lowest BCUT2D eigenvalue weighted by atomic mass is 10.1. The first-order valence-electron chi connectivity index (χ1n) is 13.6. The second-order valence-electron chi connectivity index (χ2n) is 9.94. The minimum Gasteiger partial charge on any atom is -0.483 e. The first kappa shape index (κ1) is 26.3. The molecule has 0 atom stereocenters. The molecule has 198 valence electrons. The molecule has 0 unspecified atom stereocenters. The van der Waals surface area contributed by atoms with E-state index in [2.05, 4.69) is 20.2 Å². The summed E-state index contributed by atoms with van der Waals surface area (Å²) in [5.41, 5.74) is 4.07. The number of benzene rings is 2. The normalized spacial score (nSPS) is 13.1. The smallest absolute Gasteiger partial charge is 0.223 e. The Morgan fingerprint density at radius 2 is 1.79 bits per heavy atom. The number of unbranched alkanes of at least 4 members (excludes halogenated alkanes) is 3. The number of hydrogen-bond acceptors (Lipinski definition) is 5. The average molecular weight is 531 g/mol. The summed E-state index contributed by atoms with van der Waals surface area (Å²) >= 11 is 6.09. The molecule has 1 fully saturated rings. The standard InChI is InChI=1S/C31H35ClN4O2/c32-24-10-13-27-28(14-17-35-29(27)18-24)34-16-7-2-1-6-15-33-20-26-19-30(37)31(21-36(26)25-11-12-25)38-22-23-8-4-3-5-9-23/h3-5,8-10,13-14,17-19,21,25,33H,1-2,6-7,11-12,15-16,20,22H2,(H,34,35). The molecule has 2 heterocycles. The van der Waals surface area contributed by atoms with E-state index in [9.17, 15) is 4.79 Å². The number of halogens is 1. The van der Waals surface area contributed by atoms with Crippen LogP contribution in [0.25, 0.3) is 10.9 Å². The molecule has 5 rings (SSSR count). The number of rotatable bonds is 14. The minimum absolute atomic E-state index is 0.0489. The Morgan fingerprint density at radius 1 is 0.974 bits per heavy atom. The fourth-order valence-corrected chi connectivity index (χ4v) is 4.86. The minimum atomic E-state index is -0.0489. The predicted molar refractivity (Wildman–Crippen MR) is 155 cm³/mol. The van der Waals surface area contributed by atoms with E-state index in [1.807, 2.05) is 67.0 Å². The summed E-state index contributed by atoms with van der Waals surface area (Å²) in [6, 6.07) is 20.0. The van der Waals surface area contributed by atoms with Gasteiger partial charge in [0.15, 0.2) is 5.75 Å². The molecule has 2 aromatic heterocycles. The van der Waals surface area contributed by atoms with Gasteiger partial charge in [-0.1, -0.05) is 54.8 Å². The Bertz CT molecular complexity index is 1400. The maximum absolute atomic E-state index is 12.7. The van der Waals surface area contributed by atoms with Crippen molar-refractivity contribution in [2.24, 2.45) is 0 Å². The molecule has 7 heteroatoms. The monoisotopic (exact) mass is 530 g/mol. The van der Waals surface area contributed by atoms with Gasteiger partial charge in [-0.3, -0.25) is 9.78 Å². The molecular formula is C31H35ClN4O2. The van der Waals surface area contributed by atoms with Crippen LogP contribution in [-0.2, 0) is 13.2 Å². The number of nitrogens with one attached hydrogen (secondary N) is 2. The molecule has 4 aromatic rings. The third-order valence-electron chi connectivity index (χ3n) is 6.91. The van der Waals surface area contributed by atoms with E-state index >= 15 is 0 Å². The van der Waals surface area contributed by atoms with Crippen LogP contribution in [0, 0.1) is 0 Å². The van der Waals surface area contributed by atoms with Crippen LogP contribution in [0.15, 0.2) is 77.9 Å². The highest BCUT2D eigenvalue weighted by Gasteiger charge is 2.25. The average Bonchev–Trinajstić information content (AvgIpc) is 3.77. The third-order valence-corrected chi connectivity index (χ3v) is 7.15. The number of hydrogen-bond donors (Lipinski definition) is 2. The van der Waals surface area contributed by atoms with Gasteiger partial charge in [-0.05, 0) is 62.1 Å². The SMILES string of the molecule is O=c1cc(CNCCCCCCNc2ccnc3cc(Cl)ccc23)n(C2CC2)cc1OCc1ccccc1. The zero-order chi connectivity index (χ0) is 26.2. The van der Waals surface area contributed by atoms with Crippen molar-refractivity contribution in [3.8, 4) is 5.75 Å². The third kappa shape index (κ3) is 7.15. The van der Waals surface area contributed by atoms with Crippen molar-refractivity contribution >= 4 is 28.2 Å². The highest BCUT2D eigenvalue weighted by atomic mass is 35.5. The summed E-state index contributed by atoms with van der Waals surface area (Å²) in [4.78, 5) is 17.1. The highest BCUT2D eigenvalue weighted by molar-refractivity contribution is 6.31. The van der Waals surface area contributed by atoms with E-state index in [0.29, 0.717) is 30.0 Å². The fraction of sp³-hybridized carbons (Fsp3) is 0.355. The number of nitrogens with zero attached hydrogens (tertiary/aromatic N) is 2. The van der Waals surface area contributed by atoms with Gasteiger partial charge < -0.3 is 19.9 Å². The van der Waals surface area contributed by atoms with Gasteiger partial charge in [0.05, 0.1) is 11.7 Å². The lowest BCUT2D eigenvalue weighted by molar-refractivity contribution is 0.299. The molecule has 2 aromatic carbocycles. The van der Waals surface area contributed by atoms with Crippen molar-refractivity contribution in [1.82, 2.24) is 14.9 Å². The Kier molecular flexibility index (Phi) is 8.94. The summed E-state index contributed by atoms with van der Waals surface area (Å²) in [6.45, 7) is 2.98. The second-order valence-corrected chi connectivity index (χ2v) is 10.4. The van der Waals surface area contributed by atoms with Crippen molar-refractivity contribution < 1.29 is 4.74 Å². The van der Waals surface area contributed by atoms with E-state index in [-0.39, 0.29) is 5.43 Å². The number of ether oxygens (including phenoxy) is 1. The maximum Gasteiger partial charge on any atom is 0.223 e. The lowest BCUT2D eigenvalue weighted by Gasteiger charge is -2.16. The van der Waals surface area contributed by atoms with Gasteiger partial charge in [-0.25, -0.2) is 0 Å². The summed E-state index contributed by atoms with van der Waals surface area (Å²) < 4.78 is 8.11. The van der Waals surface area contributed by atoms with E-state index in [4.69, 9.17) is 16.3 Å². The van der Waals surface area contributed by atoms with Gasteiger partial charge in [0.1, 0.15) is 6.61 Å². The van der Waals surface area contributed by atoms with E-state index < -0.39 is 0 Å². The summed E-state index contributed by atoms with van der Waals surface area (Å²) in [5, 5.41) is 8.88. The Balaban J connectivity index is 1.02. The largest absolute Gasteiger partial charge is 0.483 e. The molecule has 0 amide bonds. The fourth-order valence-electron chi connectivity index (χ4n) is 4.69. The molecule has 1 aliphatic carbocycles. The van der Waals surface area contributed by atoms with Gasteiger partial charge in [0.2, 0.25) is 5.43 Å². The van der Waals surface area contributed by atoms with E-state index in [1.165, 1.54) is 12.8 Å². The van der Waals surface area contributed by atoms with Crippen LogP contribution >= 0.6 is 11.6 Å². The predicted octanol–water partition coefficient (Wildman–Crippen LogP) is 6.73. The van der Waals surface area contributed by atoms with Gasteiger partial charge in [-0.15, -0.1) is 0 Å². The summed E-state index contributed by atoms with van der Waals surface area (Å²) in [6.07, 6.45) is 10.6. The second kappa shape index (κ2) is 12.9. The highest BCUT2D eigenvalue weighted by Crippen LogP contribution is 2.36. The molecule has 6 nitrogen and oxygen atoms in total. The molecular weight excluding hydrogens is 496 g/mol. The van der Waals surface area contributed by atoms with E-state index in [1.54, 1.807) is 6.07 Å². The van der Waals surface area contributed by atoms with Crippen LogP contribution < -0.4 is 20.8 Å². The molecule has 1 aliphatic rings. The summed E-state index contributed by atoms with van der Waals surface area (Å²) in [7, 11) is 0. The number of anilines is 1. The maximum atomic E-state index is 12.7. The molecule has 0 saturated heterocycles. The zero-order valence-electron chi connectivity index (χ0n) is 21.7. The number of pyridine rings is 2. The van der Waals surface area contributed by atoms with Gasteiger partial charge >= 0.3 is 0 Å². The van der Waals surface area contributed by atoms with Crippen LogP contribution in [-0.4, -0.2) is 22.6 Å². The van der Waals surface area contributed by atoms with Crippen molar-refractivity contribution in [1.29, 1.82) is 0 Å². The molecule has 0 spiro atoms. The van der Waals surface area contributed by atoms with Crippen molar-refractivity contribution in [2.45, 2.75) is 57.7 Å². The molecule has 0 radical (unpaired) electrons. The molecule has 1 saturated carbocycles. The quantitative estimate of drug-likeness (QED) is 0.177. The van der Waals surface area contributed by atoms with Crippen LogP contribution in [0.2, 0.25) is 5.02 Å². The Labute approximate surface area is 229 Å². The summed E-state index contributed by atoms with van der Waals surface area (Å²) in [5.74, 6) is 0.432. The van der Waals surface area contributed by atoms with Gasteiger partial charge in [0, 0.05) is 53.2 Å². The van der Waals surface area contributed by atoms with Crippen LogP contribution in [0.4, 0.5) is 5.69 Å². The van der Waals surface area contributed by atoms with Crippen LogP contribution in [0.3, 0.4) is 0 Å². The molecule has 0 aliphatic heterocycles. The van der Waals surface area contributed by atoms with Crippen molar-refractivity contribution in [3.63, 3.8) is 0 Å². The first-order valence-corrected chi connectivity index (χ1v) is 14.0. The Hall–Kier alpha value is -3.35. The van der Waals surface area contributed by atoms with Crippen molar-refractivity contribution in [3.05, 3.63) is 99.6 Å². The van der Waals surface area contributed by atoms with Crippen LogP contribution in [0.1, 0.15) is 55.8 Å². The van der Waals surface area contributed by atoms with E-state index in [0.717, 1.165) is 66.6 Å². The molecule has 2 N–H and O–H groups in total. The molecule has 38 heavy (non-hydrogen) atoms. The zero-order valence-corrected chi connectivity index (χ0v) is 22.4. The number of aromatic nitrogens is 2. The molecule has 0 bridgehead atoms. The Morgan fingerprint density at radius 3 is 2.61 bits per heavy atom. The van der Waals surface area contributed by atoms with Crippen LogP contribution in [0.5, 0.6) is 5.75 Å². The first-order chi connectivity index (χ1) is 18.7. The lowest BCUT2D eigenvalue weighted by Crippen LogP contribution is -2.21. The topological polar surface area (TPSA) is 68.2 Å².